The van der Waals surface area contributed by atoms with Crippen LogP contribution in [0.5, 0.6) is 0 Å². The van der Waals surface area contributed by atoms with Crippen LogP contribution in [0.2, 0.25) is 0 Å². The van der Waals surface area contributed by atoms with Gasteiger partial charge in [0.05, 0.1) is 0 Å². The molecule has 1 saturated heterocycles. The number of hydrogen-bond acceptors (Lipinski definition) is 2. The largest absolute Gasteiger partial charge is 0.316 e. The standard InChI is InChI=1S/C13H19NS/c1-11(12-6-5-9-14-10-12)15-13-7-3-2-4-8-13/h2-4,7-8,11-12,14H,5-6,9-10H2,1H3. The van der Waals surface area contributed by atoms with Gasteiger partial charge in [-0.05, 0) is 44.0 Å². The van der Waals surface area contributed by atoms with Crippen molar-refractivity contribution in [2.45, 2.75) is 29.9 Å². The number of hydrogen-bond donors (Lipinski definition) is 1. The fourth-order valence-corrected chi connectivity index (χ4v) is 3.26. The van der Waals surface area contributed by atoms with Gasteiger partial charge in [-0.15, -0.1) is 11.8 Å². The predicted octanol–water partition coefficient (Wildman–Crippen LogP) is 3.17. The van der Waals surface area contributed by atoms with Gasteiger partial charge in [-0.2, -0.15) is 0 Å². The molecule has 1 aromatic carbocycles. The third-order valence-corrected chi connectivity index (χ3v) is 4.37. The zero-order valence-corrected chi connectivity index (χ0v) is 10.1. The number of nitrogens with one attached hydrogen (secondary N) is 1. The van der Waals surface area contributed by atoms with Crippen molar-refractivity contribution in [2.24, 2.45) is 5.92 Å². The van der Waals surface area contributed by atoms with E-state index in [-0.39, 0.29) is 0 Å². The Morgan fingerprint density at radius 2 is 2.13 bits per heavy atom. The number of thioether (sulfide) groups is 1. The second kappa shape index (κ2) is 5.57. The Labute approximate surface area is 96.7 Å². The summed E-state index contributed by atoms with van der Waals surface area (Å²) in [5.74, 6) is 0.837. The highest BCUT2D eigenvalue weighted by molar-refractivity contribution is 8.00. The van der Waals surface area contributed by atoms with Crippen LogP contribution in [-0.4, -0.2) is 18.3 Å². The molecule has 1 heterocycles. The molecule has 0 bridgehead atoms. The summed E-state index contributed by atoms with van der Waals surface area (Å²) in [6.07, 6.45) is 2.72. The average Bonchev–Trinajstić information content (AvgIpc) is 2.31. The zero-order chi connectivity index (χ0) is 10.5. The summed E-state index contributed by atoms with van der Waals surface area (Å²) >= 11 is 2.01. The highest BCUT2D eigenvalue weighted by Crippen LogP contribution is 2.30. The molecule has 15 heavy (non-hydrogen) atoms. The van der Waals surface area contributed by atoms with Gasteiger partial charge in [0.2, 0.25) is 0 Å². The molecule has 1 nitrogen and oxygen atoms in total. The van der Waals surface area contributed by atoms with Crippen LogP contribution in [0.4, 0.5) is 0 Å². The maximum absolute atomic E-state index is 3.49. The first kappa shape index (κ1) is 11.0. The molecule has 2 rings (SSSR count). The van der Waals surface area contributed by atoms with Crippen LogP contribution in [0.25, 0.3) is 0 Å². The fraction of sp³-hybridized carbons (Fsp3) is 0.538. The van der Waals surface area contributed by atoms with Crippen LogP contribution in [0.3, 0.4) is 0 Å². The molecule has 0 radical (unpaired) electrons. The van der Waals surface area contributed by atoms with Crippen molar-refractivity contribution in [2.75, 3.05) is 13.1 Å². The number of benzene rings is 1. The van der Waals surface area contributed by atoms with Gasteiger partial charge in [0.1, 0.15) is 0 Å². The lowest BCUT2D eigenvalue weighted by atomic mass is 9.97. The summed E-state index contributed by atoms with van der Waals surface area (Å²) in [7, 11) is 0. The van der Waals surface area contributed by atoms with Crippen molar-refractivity contribution in [1.29, 1.82) is 0 Å². The lowest BCUT2D eigenvalue weighted by molar-refractivity contribution is 0.376. The number of rotatable bonds is 3. The van der Waals surface area contributed by atoms with Gasteiger partial charge in [0.15, 0.2) is 0 Å². The van der Waals surface area contributed by atoms with E-state index >= 15 is 0 Å². The second-order valence-corrected chi connectivity index (χ2v) is 5.69. The summed E-state index contributed by atoms with van der Waals surface area (Å²) in [6.45, 7) is 4.76. The summed E-state index contributed by atoms with van der Waals surface area (Å²) in [5.41, 5.74) is 0. The van der Waals surface area contributed by atoms with Crippen LogP contribution in [-0.2, 0) is 0 Å². The van der Waals surface area contributed by atoms with Crippen molar-refractivity contribution < 1.29 is 0 Å². The van der Waals surface area contributed by atoms with E-state index in [1.165, 1.54) is 30.8 Å². The minimum absolute atomic E-state index is 0.722. The van der Waals surface area contributed by atoms with E-state index in [4.69, 9.17) is 0 Å². The molecule has 0 spiro atoms. The zero-order valence-electron chi connectivity index (χ0n) is 9.28. The molecule has 82 valence electrons. The lowest BCUT2D eigenvalue weighted by Crippen LogP contribution is -2.34. The summed E-state index contributed by atoms with van der Waals surface area (Å²) in [4.78, 5) is 1.40. The lowest BCUT2D eigenvalue weighted by Gasteiger charge is -2.27. The van der Waals surface area contributed by atoms with Crippen LogP contribution in [0, 0.1) is 5.92 Å². The van der Waals surface area contributed by atoms with Gasteiger partial charge < -0.3 is 5.32 Å². The van der Waals surface area contributed by atoms with Gasteiger partial charge in [0, 0.05) is 10.1 Å². The topological polar surface area (TPSA) is 12.0 Å². The van der Waals surface area contributed by atoms with Crippen molar-refractivity contribution in [3.8, 4) is 0 Å². The molecule has 1 fully saturated rings. The smallest absolute Gasteiger partial charge is 0.0106 e. The fourth-order valence-electron chi connectivity index (χ4n) is 2.09. The normalized spacial score (nSPS) is 23.7. The van der Waals surface area contributed by atoms with E-state index in [2.05, 4.69) is 42.6 Å². The molecule has 2 unspecified atom stereocenters. The van der Waals surface area contributed by atoms with Gasteiger partial charge in [0.25, 0.3) is 0 Å². The number of piperidine rings is 1. The van der Waals surface area contributed by atoms with E-state index in [0.29, 0.717) is 0 Å². The van der Waals surface area contributed by atoms with Gasteiger partial charge in [-0.25, -0.2) is 0 Å². The van der Waals surface area contributed by atoms with E-state index in [1.54, 1.807) is 0 Å². The first-order valence-electron chi connectivity index (χ1n) is 5.78. The Bertz CT molecular complexity index is 280. The van der Waals surface area contributed by atoms with Gasteiger partial charge in [-0.3, -0.25) is 0 Å². The molecule has 1 aliphatic rings. The molecule has 1 N–H and O–H groups in total. The molecule has 0 aromatic heterocycles. The van der Waals surface area contributed by atoms with Crippen LogP contribution >= 0.6 is 11.8 Å². The van der Waals surface area contributed by atoms with Crippen LogP contribution < -0.4 is 5.32 Å². The summed E-state index contributed by atoms with van der Waals surface area (Å²) in [6, 6.07) is 10.7. The minimum atomic E-state index is 0.722. The predicted molar refractivity (Wildman–Crippen MR) is 67.4 cm³/mol. The highest BCUT2D eigenvalue weighted by atomic mass is 32.2. The molecule has 1 aliphatic heterocycles. The van der Waals surface area contributed by atoms with E-state index in [1.807, 2.05) is 11.8 Å². The summed E-state index contributed by atoms with van der Waals surface area (Å²) in [5, 5.41) is 4.21. The molecule has 0 amide bonds. The minimum Gasteiger partial charge on any atom is -0.316 e. The van der Waals surface area contributed by atoms with Gasteiger partial charge >= 0.3 is 0 Å². The van der Waals surface area contributed by atoms with Crippen LogP contribution in [0.15, 0.2) is 35.2 Å². The molecule has 2 atom stereocenters. The van der Waals surface area contributed by atoms with E-state index in [0.717, 1.165) is 11.2 Å². The van der Waals surface area contributed by atoms with Crippen molar-refractivity contribution in [3.05, 3.63) is 30.3 Å². The van der Waals surface area contributed by atoms with E-state index in [9.17, 15) is 0 Å². The molecule has 0 saturated carbocycles. The monoisotopic (exact) mass is 221 g/mol. The van der Waals surface area contributed by atoms with Gasteiger partial charge in [-0.1, -0.05) is 25.1 Å². The Balaban J connectivity index is 1.88. The Hall–Kier alpha value is -0.470. The van der Waals surface area contributed by atoms with E-state index < -0.39 is 0 Å². The molecule has 0 aliphatic carbocycles. The second-order valence-electron chi connectivity index (χ2n) is 4.24. The molecular weight excluding hydrogens is 202 g/mol. The SMILES string of the molecule is CC(Sc1ccccc1)C1CCCNC1. The highest BCUT2D eigenvalue weighted by Gasteiger charge is 2.20. The molecular formula is C13H19NS. The molecule has 1 aromatic rings. The Morgan fingerprint density at radius 1 is 1.33 bits per heavy atom. The first-order valence-corrected chi connectivity index (χ1v) is 6.66. The third-order valence-electron chi connectivity index (χ3n) is 3.06. The molecule has 2 heteroatoms. The Kier molecular flexibility index (Phi) is 4.09. The van der Waals surface area contributed by atoms with Crippen molar-refractivity contribution in [1.82, 2.24) is 5.32 Å². The van der Waals surface area contributed by atoms with Crippen molar-refractivity contribution >= 4 is 11.8 Å². The third kappa shape index (κ3) is 3.25. The quantitative estimate of drug-likeness (QED) is 0.787. The maximum Gasteiger partial charge on any atom is 0.0106 e. The van der Waals surface area contributed by atoms with Crippen molar-refractivity contribution in [3.63, 3.8) is 0 Å². The average molecular weight is 221 g/mol. The first-order chi connectivity index (χ1) is 7.36. The summed E-state index contributed by atoms with van der Waals surface area (Å²) < 4.78 is 0. The Morgan fingerprint density at radius 3 is 2.80 bits per heavy atom. The maximum atomic E-state index is 3.49. The van der Waals surface area contributed by atoms with Crippen LogP contribution in [0.1, 0.15) is 19.8 Å².